The number of halogens is 1. The van der Waals surface area contributed by atoms with Crippen molar-refractivity contribution in [1.82, 2.24) is 20.8 Å². The second-order valence-electron chi connectivity index (χ2n) is 8.02. The summed E-state index contributed by atoms with van der Waals surface area (Å²) in [6, 6.07) is 5.60. The number of fused-ring (bicyclic) bond motifs is 2. The molecule has 6 heteroatoms. The van der Waals surface area contributed by atoms with Crippen LogP contribution in [0.3, 0.4) is 0 Å². The summed E-state index contributed by atoms with van der Waals surface area (Å²) >= 11 is 0. The molecule has 1 aromatic carbocycles. The van der Waals surface area contributed by atoms with Crippen molar-refractivity contribution in [2.75, 3.05) is 13.1 Å². The number of rotatable bonds is 2. The summed E-state index contributed by atoms with van der Waals surface area (Å²) in [4.78, 5) is 4.57. The van der Waals surface area contributed by atoms with Gasteiger partial charge in [-0.05, 0) is 70.1 Å². The van der Waals surface area contributed by atoms with E-state index in [2.05, 4.69) is 38.0 Å². The first-order valence-corrected chi connectivity index (χ1v) is 9.98. The van der Waals surface area contributed by atoms with E-state index in [0.29, 0.717) is 16.8 Å². The molecular formula is C22H24FN5. The second kappa shape index (κ2) is 6.78. The molecule has 3 aliphatic heterocycles. The maximum absolute atomic E-state index is 15.0. The third kappa shape index (κ3) is 3.02. The molecule has 1 fully saturated rings. The van der Waals surface area contributed by atoms with Gasteiger partial charge >= 0.3 is 0 Å². The molecule has 2 aromatic rings. The highest BCUT2D eigenvalue weighted by Gasteiger charge is 2.31. The summed E-state index contributed by atoms with van der Waals surface area (Å²) in [6.45, 7) is 6.00. The Balaban J connectivity index is 1.49. The van der Waals surface area contributed by atoms with Gasteiger partial charge in [-0.2, -0.15) is 10.2 Å². The van der Waals surface area contributed by atoms with Crippen LogP contribution < -0.4 is 10.6 Å². The fourth-order valence-corrected chi connectivity index (χ4v) is 4.55. The Morgan fingerprint density at radius 2 is 1.86 bits per heavy atom. The predicted octanol–water partition coefficient (Wildman–Crippen LogP) is 3.54. The van der Waals surface area contributed by atoms with Gasteiger partial charge in [0.15, 0.2) is 0 Å². The number of nitrogens with one attached hydrogen (secondary N) is 2. The number of benzene rings is 1. The van der Waals surface area contributed by atoms with Gasteiger partial charge in [-0.3, -0.25) is 4.99 Å². The molecule has 0 spiro atoms. The molecule has 5 nitrogen and oxygen atoms in total. The van der Waals surface area contributed by atoms with Gasteiger partial charge in [-0.25, -0.2) is 4.39 Å². The predicted molar refractivity (Wildman–Crippen MR) is 110 cm³/mol. The number of piperidine rings is 1. The lowest BCUT2D eigenvalue weighted by atomic mass is 9.93. The number of aromatic nitrogens is 2. The number of allylic oxidation sites excluding steroid dienone is 1. The molecule has 5 rings (SSSR count). The van der Waals surface area contributed by atoms with Crippen molar-refractivity contribution in [2.24, 2.45) is 10.9 Å². The van der Waals surface area contributed by atoms with Crippen LogP contribution in [0.15, 0.2) is 41.0 Å². The standard InChI is InChI=1S/C22H24FN5/c1-12-7-21-16(13(2)25-12)10-19(26-21)15-8-18(23)17-11-20(27-28-22(17)9-15)14-3-5-24-6-4-14/h7-11,14,16,21,24,26H,3-6H2,1-2H3. The van der Waals surface area contributed by atoms with Gasteiger partial charge in [0.1, 0.15) is 5.82 Å². The summed E-state index contributed by atoms with van der Waals surface area (Å²) in [6.07, 6.45) is 6.31. The molecule has 0 aliphatic carbocycles. The summed E-state index contributed by atoms with van der Waals surface area (Å²) in [5, 5.41) is 16.2. The van der Waals surface area contributed by atoms with E-state index in [-0.39, 0.29) is 17.8 Å². The number of hydrogen-bond donors (Lipinski definition) is 2. The maximum atomic E-state index is 15.0. The van der Waals surface area contributed by atoms with Gasteiger partial charge in [0.25, 0.3) is 0 Å². The average Bonchev–Trinajstić information content (AvgIpc) is 3.13. The Hall–Kier alpha value is -2.60. The largest absolute Gasteiger partial charge is 0.378 e. The molecular weight excluding hydrogens is 353 g/mol. The summed E-state index contributed by atoms with van der Waals surface area (Å²) in [5.74, 6) is 0.329. The molecule has 2 unspecified atom stereocenters. The van der Waals surface area contributed by atoms with E-state index < -0.39 is 0 Å². The normalized spacial score (nSPS) is 25.0. The van der Waals surface area contributed by atoms with E-state index in [0.717, 1.165) is 54.3 Å². The van der Waals surface area contributed by atoms with E-state index >= 15 is 0 Å². The van der Waals surface area contributed by atoms with Crippen molar-refractivity contribution < 1.29 is 4.39 Å². The van der Waals surface area contributed by atoms with Crippen LogP contribution in [0.1, 0.15) is 43.9 Å². The fourth-order valence-electron chi connectivity index (χ4n) is 4.55. The Bertz CT molecular complexity index is 1030. The molecule has 0 saturated carbocycles. The van der Waals surface area contributed by atoms with E-state index in [1.807, 2.05) is 26.0 Å². The topological polar surface area (TPSA) is 62.2 Å². The number of hydrogen-bond acceptors (Lipinski definition) is 5. The van der Waals surface area contributed by atoms with E-state index in [9.17, 15) is 4.39 Å². The van der Waals surface area contributed by atoms with Gasteiger partial charge in [-0.1, -0.05) is 0 Å². The first-order valence-electron chi connectivity index (χ1n) is 9.98. The van der Waals surface area contributed by atoms with Gasteiger partial charge in [0, 0.05) is 39.9 Å². The minimum atomic E-state index is -0.243. The van der Waals surface area contributed by atoms with Crippen molar-refractivity contribution in [2.45, 2.75) is 38.6 Å². The lowest BCUT2D eigenvalue weighted by Crippen LogP contribution is -2.32. The van der Waals surface area contributed by atoms with Crippen LogP contribution in [0.2, 0.25) is 0 Å². The maximum Gasteiger partial charge on any atom is 0.133 e. The third-order valence-corrected chi connectivity index (χ3v) is 6.05. The van der Waals surface area contributed by atoms with Crippen LogP contribution >= 0.6 is 0 Å². The monoisotopic (exact) mass is 377 g/mol. The molecule has 0 bridgehead atoms. The Morgan fingerprint density at radius 3 is 2.68 bits per heavy atom. The van der Waals surface area contributed by atoms with Crippen LogP contribution in [0, 0.1) is 11.7 Å². The molecule has 28 heavy (non-hydrogen) atoms. The first kappa shape index (κ1) is 17.5. The van der Waals surface area contributed by atoms with Crippen LogP contribution in [0.5, 0.6) is 0 Å². The molecule has 1 saturated heterocycles. The fraction of sp³-hybridized carbons (Fsp3) is 0.409. The summed E-state index contributed by atoms with van der Waals surface area (Å²) in [7, 11) is 0. The average molecular weight is 377 g/mol. The van der Waals surface area contributed by atoms with Crippen molar-refractivity contribution in [3.8, 4) is 0 Å². The molecule has 0 amide bonds. The zero-order chi connectivity index (χ0) is 19.3. The minimum absolute atomic E-state index is 0.180. The second-order valence-corrected chi connectivity index (χ2v) is 8.02. The molecule has 4 heterocycles. The van der Waals surface area contributed by atoms with Gasteiger partial charge in [-0.15, -0.1) is 0 Å². The highest BCUT2D eigenvalue weighted by Crippen LogP contribution is 2.32. The minimum Gasteiger partial charge on any atom is -0.378 e. The van der Waals surface area contributed by atoms with Crippen molar-refractivity contribution in [3.05, 3.63) is 53.1 Å². The highest BCUT2D eigenvalue weighted by atomic mass is 19.1. The molecule has 2 N–H and O–H groups in total. The zero-order valence-corrected chi connectivity index (χ0v) is 16.2. The number of aliphatic imine (C=N–C) groups is 1. The lowest BCUT2D eigenvalue weighted by Gasteiger charge is -2.22. The molecule has 144 valence electrons. The van der Waals surface area contributed by atoms with Gasteiger partial charge in [0.05, 0.1) is 17.3 Å². The Kier molecular flexibility index (Phi) is 4.23. The van der Waals surface area contributed by atoms with Crippen molar-refractivity contribution in [1.29, 1.82) is 0 Å². The van der Waals surface area contributed by atoms with Gasteiger partial charge in [0.2, 0.25) is 0 Å². The van der Waals surface area contributed by atoms with E-state index in [4.69, 9.17) is 0 Å². The van der Waals surface area contributed by atoms with Crippen LogP contribution in [-0.2, 0) is 0 Å². The summed E-state index contributed by atoms with van der Waals surface area (Å²) in [5.41, 5.74) is 5.34. The molecule has 1 aromatic heterocycles. The Morgan fingerprint density at radius 1 is 1.04 bits per heavy atom. The molecule has 3 aliphatic rings. The van der Waals surface area contributed by atoms with E-state index in [1.54, 1.807) is 6.07 Å². The van der Waals surface area contributed by atoms with Gasteiger partial charge < -0.3 is 10.6 Å². The van der Waals surface area contributed by atoms with Crippen molar-refractivity contribution in [3.63, 3.8) is 0 Å². The SMILES string of the molecule is CC1=CC2NC(c3cc(F)c4cc(C5CCNCC5)nnc4c3)=CC2C(C)=N1. The molecule has 2 atom stereocenters. The van der Waals surface area contributed by atoms with Crippen LogP contribution in [0.4, 0.5) is 4.39 Å². The highest BCUT2D eigenvalue weighted by molar-refractivity contribution is 5.93. The molecule has 0 radical (unpaired) electrons. The lowest BCUT2D eigenvalue weighted by molar-refractivity contribution is 0.451. The summed E-state index contributed by atoms with van der Waals surface area (Å²) < 4.78 is 15.0. The smallest absolute Gasteiger partial charge is 0.133 e. The quantitative estimate of drug-likeness (QED) is 0.840. The Labute approximate surface area is 163 Å². The third-order valence-electron chi connectivity index (χ3n) is 6.05. The van der Waals surface area contributed by atoms with E-state index in [1.165, 1.54) is 0 Å². The van der Waals surface area contributed by atoms with Crippen LogP contribution in [0.25, 0.3) is 16.6 Å². The number of nitrogens with zero attached hydrogens (tertiary/aromatic N) is 3. The zero-order valence-electron chi connectivity index (χ0n) is 16.2. The van der Waals surface area contributed by atoms with Crippen molar-refractivity contribution >= 4 is 22.3 Å². The first-order chi connectivity index (χ1) is 13.6. The van der Waals surface area contributed by atoms with Crippen LogP contribution in [-0.4, -0.2) is 35.0 Å².